The molecule has 0 fully saturated rings. The number of guanidine groups is 1. The fraction of sp³-hybridized carbons (Fsp3) is 0.375. The second-order valence-corrected chi connectivity index (χ2v) is 5.75. The molecule has 0 saturated heterocycles. The van der Waals surface area contributed by atoms with Crippen LogP contribution >= 0.6 is 11.6 Å². The molecule has 2 aromatic rings. The number of nitrogens with zero attached hydrogens (tertiary/aromatic N) is 2. The third kappa shape index (κ3) is 3.56. The van der Waals surface area contributed by atoms with Gasteiger partial charge in [-0.3, -0.25) is 4.99 Å². The Balaban J connectivity index is 1.57. The Hall–Kier alpha value is -2.41. The highest BCUT2D eigenvalue weighted by Crippen LogP contribution is 2.39. The number of aliphatic imine (C=N–C) groups is 1. The molecule has 2 N–H and O–H groups in total. The minimum atomic E-state index is 0.199. The average molecular weight is 351 g/mol. The van der Waals surface area contributed by atoms with Crippen molar-refractivity contribution in [1.82, 2.24) is 15.6 Å². The highest BCUT2D eigenvalue weighted by molar-refractivity contribution is 6.32. The molecule has 0 spiro atoms. The van der Waals surface area contributed by atoms with Crippen molar-refractivity contribution >= 4 is 17.6 Å². The lowest BCUT2D eigenvalue weighted by molar-refractivity contribution is 0.174. The minimum Gasteiger partial charge on any atom is -0.454 e. The zero-order valence-corrected chi connectivity index (χ0v) is 14.5. The topological polar surface area (TPSA) is 80.9 Å². The summed E-state index contributed by atoms with van der Waals surface area (Å²) in [6.07, 6.45) is 0. The summed E-state index contributed by atoms with van der Waals surface area (Å²) in [5.41, 5.74) is 1.86. The van der Waals surface area contributed by atoms with Gasteiger partial charge in [-0.15, -0.1) is 0 Å². The van der Waals surface area contributed by atoms with Gasteiger partial charge in [-0.05, 0) is 31.5 Å². The first-order valence-electron chi connectivity index (χ1n) is 7.52. The maximum atomic E-state index is 6.18. The van der Waals surface area contributed by atoms with E-state index in [4.69, 9.17) is 25.5 Å². The Morgan fingerprint density at radius 1 is 1.25 bits per heavy atom. The van der Waals surface area contributed by atoms with Crippen molar-refractivity contribution in [3.63, 3.8) is 0 Å². The predicted octanol–water partition coefficient (Wildman–Crippen LogP) is 2.54. The molecular weight excluding hydrogens is 332 g/mol. The number of halogens is 1. The molecule has 1 aliphatic rings. The number of benzene rings is 1. The summed E-state index contributed by atoms with van der Waals surface area (Å²) < 4.78 is 16.2. The molecule has 0 radical (unpaired) electrons. The molecule has 128 valence electrons. The summed E-state index contributed by atoms with van der Waals surface area (Å²) in [5.74, 6) is 3.34. The third-order valence-corrected chi connectivity index (χ3v) is 3.93. The standard InChI is InChI=1S/C16H19ClN4O3/c1-9-10(2)24-14(21-9)7-20-16(18-3)19-6-11-4-12(17)15-13(5-11)22-8-23-15/h4-5H,6-8H2,1-3H3,(H2,18,19,20). The molecule has 1 aromatic carbocycles. The number of hydrogen-bond donors (Lipinski definition) is 2. The maximum Gasteiger partial charge on any atom is 0.231 e. The van der Waals surface area contributed by atoms with Gasteiger partial charge in [0.25, 0.3) is 0 Å². The van der Waals surface area contributed by atoms with E-state index in [-0.39, 0.29) is 6.79 Å². The highest BCUT2D eigenvalue weighted by Gasteiger charge is 2.18. The molecule has 7 nitrogen and oxygen atoms in total. The van der Waals surface area contributed by atoms with Crippen LogP contribution in [0.5, 0.6) is 11.5 Å². The van der Waals surface area contributed by atoms with Crippen molar-refractivity contribution in [2.24, 2.45) is 4.99 Å². The lowest BCUT2D eigenvalue weighted by atomic mass is 10.2. The first-order valence-corrected chi connectivity index (χ1v) is 7.90. The van der Waals surface area contributed by atoms with Crippen LogP contribution in [-0.4, -0.2) is 24.8 Å². The van der Waals surface area contributed by atoms with Gasteiger partial charge in [0, 0.05) is 13.6 Å². The molecule has 24 heavy (non-hydrogen) atoms. The van der Waals surface area contributed by atoms with Crippen LogP contribution in [0.2, 0.25) is 5.02 Å². The smallest absolute Gasteiger partial charge is 0.231 e. The highest BCUT2D eigenvalue weighted by atomic mass is 35.5. The molecule has 3 rings (SSSR count). The number of ether oxygens (including phenoxy) is 2. The van der Waals surface area contributed by atoms with Crippen LogP contribution in [0.15, 0.2) is 21.5 Å². The van der Waals surface area contributed by atoms with Crippen LogP contribution in [0, 0.1) is 13.8 Å². The number of rotatable bonds is 4. The molecule has 0 atom stereocenters. The van der Waals surface area contributed by atoms with Gasteiger partial charge in [0.2, 0.25) is 12.7 Å². The molecule has 0 aliphatic carbocycles. The van der Waals surface area contributed by atoms with Crippen molar-refractivity contribution in [3.8, 4) is 11.5 Å². The molecule has 0 unspecified atom stereocenters. The maximum absolute atomic E-state index is 6.18. The molecule has 8 heteroatoms. The van der Waals surface area contributed by atoms with Crippen molar-refractivity contribution in [3.05, 3.63) is 40.1 Å². The van der Waals surface area contributed by atoms with Crippen molar-refractivity contribution < 1.29 is 13.9 Å². The Morgan fingerprint density at radius 3 is 2.75 bits per heavy atom. The summed E-state index contributed by atoms with van der Waals surface area (Å²) in [5, 5.41) is 6.90. The molecule has 1 aliphatic heterocycles. The summed E-state index contributed by atoms with van der Waals surface area (Å²) in [6, 6.07) is 3.74. The molecule has 1 aromatic heterocycles. The van der Waals surface area contributed by atoms with Crippen molar-refractivity contribution in [2.45, 2.75) is 26.9 Å². The van der Waals surface area contributed by atoms with Gasteiger partial charge in [0.05, 0.1) is 17.3 Å². The largest absolute Gasteiger partial charge is 0.454 e. The second-order valence-electron chi connectivity index (χ2n) is 5.34. The lowest BCUT2D eigenvalue weighted by Crippen LogP contribution is -2.36. The van der Waals surface area contributed by atoms with E-state index in [0.29, 0.717) is 41.5 Å². The third-order valence-electron chi connectivity index (χ3n) is 3.65. The quantitative estimate of drug-likeness (QED) is 0.651. The van der Waals surface area contributed by atoms with Gasteiger partial charge >= 0.3 is 0 Å². The molecule has 0 bridgehead atoms. The van der Waals surface area contributed by atoms with E-state index in [2.05, 4.69) is 20.6 Å². The predicted molar refractivity (Wildman–Crippen MR) is 90.6 cm³/mol. The van der Waals surface area contributed by atoms with E-state index >= 15 is 0 Å². The van der Waals surface area contributed by atoms with E-state index in [9.17, 15) is 0 Å². The van der Waals surface area contributed by atoms with Crippen LogP contribution in [0.4, 0.5) is 0 Å². The number of hydrogen-bond acceptors (Lipinski definition) is 5. The molecule has 0 amide bonds. The number of aryl methyl sites for hydroxylation is 2. The molecule has 0 saturated carbocycles. The van der Waals surface area contributed by atoms with Gasteiger partial charge < -0.3 is 24.5 Å². The van der Waals surface area contributed by atoms with E-state index in [0.717, 1.165) is 17.0 Å². The summed E-state index contributed by atoms with van der Waals surface area (Å²) in [7, 11) is 1.70. The van der Waals surface area contributed by atoms with Crippen LogP contribution in [0.1, 0.15) is 22.9 Å². The van der Waals surface area contributed by atoms with Gasteiger partial charge in [-0.2, -0.15) is 0 Å². The van der Waals surface area contributed by atoms with Crippen LogP contribution < -0.4 is 20.1 Å². The van der Waals surface area contributed by atoms with E-state index in [1.807, 2.05) is 26.0 Å². The van der Waals surface area contributed by atoms with Crippen LogP contribution in [-0.2, 0) is 13.1 Å². The van der Waals surface area contributed by atoms with E-state index in [1.54, 1.807) is 7.05 Å². The normalized spacial score (nSPS) is 13.2. The Bertz CT molecular complexity index is 753. The summed E-state index contributed by atoms with van der Waals surface area (Å²) in [6.45, 7) is 5.00. The first kappa shape index (κ1) is 16.4. The van der Waals surface area contributed by atoms with E-state index in [1.165, 1.54) is 0 Å². The van der Waals surface area contributed by atoms with Crippen LogP contribution in [0.25, 0.3) is 0 Å². The number of oxazole rings is 1. The average Bonchev–Trinajstić information content (AvgIpc) is 3.15. The fourth-order valence-electron chi connectivity index (χ4n) is 2.30. The fourth-order valence-corrected chi connectivity index (χ4v) is 2.59. The van der Waals surface area contributed by atoms with Gasteiger partial charge in [0.1, 0.15) is 5.76 Å². The second kappa shape index (κ2) is 7.00. The Morgan fingerprint density at radius 2 is 2.04 bits per heavy atom. The summed E-state index contributed by atoms with van der Waals surface area (Å²) in [4.78, 5) is 8.50. The lowest BCUT2D eigenvalue weighted by Gasteiger charge is -2.11. The zero-order valence-electron chi connectivity index (χ0n) is 13.8. The van der Waals surface area contributed by atoms with Crippen molar-refractivity contribution in [2.75, 3.05) is 13.8 Å². The van der Waals surface area contributed by atoms with Gasteiger partial charge in [-0.1, -0.05) is 11.6 Å². The molecule has 2 heterocycles. The molecular formula is C16H19ClN4O3. The van der Waals surface area contributed by atoms with Gasteiger partial charge in [-0.25, -0.2) is 4.98 Å². The SMILES string of the molecule is CN=C(NCc1cc(Cl)c2c(c1)OCO2)NCc1nc(C)c(C)o1. The first-order chi connectivity index (χ1) is 11.6. The van der Waals surface area contributed by atoms with Crippen LogP contribution in [0.3, 0.4) is 0 Å². The van der Waals surface area contributed by atoms with Gasteiger partial charge in [0.15, 0.2) is 17.5 Å². The number of aromatic nitrogens is 1. The number of fused-ring (bicyclic) bond motifs is 1. The Kier molecular flexibility index (Phi) is 4.80. The number of nitrogens with one attached hydrogen (secondary N) is 2. The monoisotopic (exact) mass is 350 g/mol. The summed E-state index contributed by atoms with van der Waals surface area (Å²) >= 11 is 6.18. The minimum absolute atomic E-state index is 0.199. The zero-order chi connectivity index (χ0) is 17.1. The van der Waals surface area contributed by atoms with E-state index < -0.39 is 0 Å². The van der Waals surface area contributed by atoms with Crippen molar-refractivity contribution in [1.29, 1.82) is 0 Å². The Labute approximate surface area is 145 Å².